The van der Waals surface area contributed by atoms with E-state index in [9.17, 15) is 9.59 Å². The van der Waals surface area contributed by atoms with Gasteiger partial charge >= 0.3 is 0 Å². The van der Waals surface area contributed by atoms with Crippen molar-refractivity contribution in [1.29, 1.82) is 0 Å². The molecule has 0 heterocycles. The molecule has 0 rings (SSSR count). The second-order valence-electron chi connectivity index (χ2n) is 21.6. The Kier molecular flexibility index (Phi) is 59.1. The Balaban J connectivity index is 3.21. The molecule has 0 aromatic carbocycles. The quantitative estimate of drug-likeness (QED) is 0.0597. The van der Waals surface area contributed by atoms with E-state index in [0.717, 1.165) is 51.6 Å². The molecule has 0 bridgehead atoms. The van der Waals surface area contributed by atoms with Crippen molar-refractivity contribution < 1.29 is 9.59 Å². The first-order valence-corrected chi connectivity index (χ1v) is 31.2. The number of carbonyl (C=O) groups is 2. The Morgan fingerprint density at radius 1 is 0.197 bits per heavy atom. The Morgan fingerprint density at radius 2 is 0.333 bits per heavy atom. The summed E-state index contributed by atoms with van der Waals surface area (Å²) in [5, 5.41) is 6.25. The average Bonchev–Trinajstić information content (AvgIpc) is 3.32. The van der Waals surface area contributed by atoms with Gasteiger partial charge in [-0.25, -0.2) is 0 Å². The lowest BCUT2D eigenvalue weighted by atomic mass is 10.0. The second kappa shape index (κ2) is 60.1. The third kappa shape index (κ3) is 59.1. The van der Waals surface area contributed by atoms with Crippen LogP contribution in [0.1, 0.15) is 373 Å². The zero-order valence-corrected chi connectivity index (χ0v) is 45.8. The molecular weight excluding hydrogens is 805 g/mol. The predicted octanol–water partition coefficient (Wildman–Crippen LogP) is 21.1. The summed E-state index contributed by atoms with van der Waals surface area (Å²) in [5.41, 5.74) is 0. The number of nitrogens with one attached hydrogen (secondary N) is 2. The van der Waals surface area contributed by atoms with Crippen LogP contribution in [-0.2, 0) is 9.59 Å². The molecule has 4 heteroatoms. The molecule has 0 spiro atoms. The SMILES string of the molecule is CCCCCCCCCCCCCCCCCCCCCCCCCCCC(=O)NCCCCCCNC(=O)CCCCCCCCCCCCCCCCCCCCCCCCCCC. The van der Waals surface area contributed by atoms with E-state index in [1.165, 1.54) is 308 Å². The Hall–Kier alpha value is -1.06. The fourth-order valence-corrected chi connectivity index (χ4v) is 10.1. The van der Waals surface area contributed by atoms with Gasteiger partial charge in [-0.2, -0.15) is 0 Å². The largest absolute Gasteiger partial charge is 0.356 e. The van der Waals surface area contributed by atoms with Crippen molar-refractivity contribution in [3.05, 3.63) is 0 Å². The molecule has 0 aromatic heterocycles. The van der Waals surface area contributed by atoms with Crippen LogP contribution in [0.2, 0.25) is 0 Å². The van der Waals surface area contributed by atoms with Gasteiger partial charge in [0, 0.05) is 25.9 Å². The van der Waals surface area contributed by atoms with Crippen LogP contribution in [0.25, 0.3) is 0 Å². The number of amides is 2. The molecule has 394 valence electrons. The fraction of sp³-hybridized carbons (Fsp3) is 0.968. The molecule has 0 atom stereocenters. The van der Waals surface area contributed by atoms with Gasteiger partial charge < -0.3 is 10.6 Å². The van der Waals surface area contributed by atoms with E-state index in [4.69, 9.17) is 0 Å². The fourth-order valence-electron chi connectivity index (χ4n) is 10.1. The lowest BCUT2D eigenvalue weighted by Crippen LogP contribution is -2.24. The van der Waals surface area contributed by atoms with Gasteiger partial charge in [-0.1, -0.05) is 335 Å². The van der Waals surface area contributed by atoms with E-state index >= 15 is 0 Å². The van der Waals surface area contributed by atoms with E-state index in [2.05, 4.69) is 24.5 Å². The summed E-state index contributed by atoms with van der Waals surface area (Å²) in [4.78, 5) is 24.4. The van der Waals surface area contributed by atoms with E-state index in [1.807, 2.05) is 0 Å². The van der Waals surface area contributed by atoms with Crippen LogP contribution in [-0.4, -0.2) is 24.9 Å². The molecule has 4 nitrogen and oxygen atoms in total. The van der Waals surface area contributed by atoms with Gasteiger partial charge in [0.05, 0.1) is 0 Å². The van der Waals surface area contributed by atoms with Crippen molar-refractivity contribution in [3.63, 3.8) is 0 Å². The molecule has 2 N–H and O–H groups in total. The molecule has 0 unspecified atom stereocenters. The van der Waals surface area contributed by atoms with E-state index < -0.39 is 0 Å². The third-order valence-electron chi connectivity index (χ3n) is 14.8. The summed E-state index contributed by atoms with van der Waals surface area (Å²) in [6.45, 7) is 6.20. The second-order valence-corrected chi connectivity index (χ2v) is 21.6. The molecule has 0 aliphatic rings. The zero-order chi connectivity index (χ0) is 47.6. The van der Waals surface area contributed by atoms with Crippen LogP contribution in [0.4, 0.5) is 0 Å². The standard InChI is InChI=1S/C62H124N2O2/c1-3-5-7-9-11-13-15-17-19-21-23-25-27-29-31-33-35-37-39-41-43-45-47-49-53-57-61(65)63-59-55-51-52-56-60-64-62(66)58-54-50-48-46-44-42-40-38-36-34-32-30-28-26-24-22-20-18-16-14-12-10-8-6-4-2/h3-60H2,1-2H3,(H,63,65)(H,64,66). The topological polar surface area (TPSA) is 58.2 Å². The Morgan fingerprint density at radius 3 is 0.500 bits per heavy atom. The summed E-state index contributed by atoms with van der Waals surface area (Å²) in [7, 11) is 0. The molecular formula is C62H124N2O2. The highest BCUT2D eigenvalue weighted by atomic mass is 16.2. The highest BCUT2D eigenvalue weighted by Gasteiger charge is 2.04. The molecule has 0 saturated carbocycles. The first kappa shape index (κ1) is 64.9. The molecule has 0 radical (unpaired) electrons. The van der Waals surface area contributed by atoms with Crippen molar-refractivity contribution in [2.45, 2.75) is 373 Å². The summed E-state index contributed by atoms with van der Waals surface area (Å²) in [6, 6.07) is 0. The van der Waals surface area contributed by atoms with Crippen LogP contribution < -0.4 is 10.6 Å². The van der Waals surface area contributed by atoms with Crippen LogP contribution in [0.5, 0.6) is 0 Å². The van der Waals surface area contributed by atoms with Gasteiger partial charge in [-0.05, 0) is 25.7 Å². The van der Waals surface area contributed by atoms with Gasteiger partial charge in [0.15, 0.2) is 0 Å². The first-order valence-electron chi connectivity index (χ1n) is 31.2. The highest BCUT2D eigenvalue weighted by molar-refractivity contribution is 5.76. The smallest absolute Gasteiger partial charge is 0.219 e. The van der Waals surface area contributed by atoms with Crippen molar-refractivity contribution in [2.75, 3.05) is 13.1 Å². The molecule has 0 aliphatic carbocycles. The number of rotatable bonds is 59. The number of carbonyl (C=O) groups excluding carboxylic acids is 2. The zero-order valence-electron chi connectivity index (χ0n) is 45.8. The summed E-state index contributed by atoms with van der Waals surface area (Å²) in [6.07, 6.45) is 76.0. The Bertz CT molecular complexity index is 834. The lowest BCUT2D eigenvalue weighted by molar-refractivity contribution is -0.122. The maximum Gasteiger partial charge on any atom is 0.219 e. The first-order chi connectivity index (χ1) is 32.7. The summed E-state index contributed by atoms with van der Waals surface area (Å²) >= 11 is 0. The van der Waals surface area contributed by atoms with Crippen molar-refractivity contribution in [1.82, 2.24) is 10.6 Å². The molecule has 0 aromatic rings. The highest BCUT2D eigenvalue weighted by Crippen LogP contribution is 2.18. The molecule has 66 heavy (non-hydrogen) atoms. The van der Waals surface area contributed by atoms with E-state index in [1.54, 1.807) is 0 Å². The Labute approximate surface area is 416 Å². The number of hydrogen-bond acceptors (Lipinski definition) is 2. The average molecular weight is 930 g/mol. The summed E-state index contributed by atoms with van der Waals surface area (Å²) < 4.78 is 0. The van der Waals surface area contributed by atoms with Crippen molar-refractivity contribution in [2.24, 2.45) is 0 Å². The van der Waals surface area contributed by atoms with Crippen LogP contribution >= 0.6 is 0 Å². The maximum atomic E-state index is 12.2. The molecule has 0 aliphatic heterocycles. The van der Waals surface area contributed by atoms with Gasteiger partial charge in [0.2, 0.25) is 11.8 Å². The van der Waals surface area contributed by atoms with Gasteiger partial charge in [-0.3, -0.25) is 9.59 Å². The van der Waals surface area contributed by atoms with Crippen LogP contribution in [0.3, 0.4) is 0 Å². The minimum absolute atomic E-state index is 0.229. The van der Waals surface area contributed by atoms with Crippen molar-refractivity contribution >= 4 is 11.8 Å². The molecule has 0 fully saturated rings. The van der Waals surface area contributed by atoms with Crippen LogP contribution in [0, 0.1) is 0 Å². The van der Waals surface area contributed by atoms with Crippen LogP contribution in [0.15, 0.2) is 0 Å². The third-order valence-corrected chi connectivity index (χ3v) is 14.8. The minimum atomic E-state index is 0.229. The normalized spacial score (nSPS) is 11.5. The maximum absolute atomic E-state index is 12.2. The van der Waals surface area contributed by atoms with Gasteiger partial charge in [0.1, 0.15) is 0 Å². The number of unbranched alkanes of at least 4 members (excludes halogenated alkanes) is 51. The number of hydrogen-bond donors (Lipinski definition) is 2. The monoisotopic (exact) mass is 929 g/mol. The van der Waals surface area contributed by atoms with Crippen molar-refractivity contribution in [3.8, 4) is 0 Å². The summed E-state index contributed by atoms with van der Waals surface area (Å²) in [5.74, 6) is 0.458. The lowest BCUT2D eigenvalue weighted by Gasteiger charge is -2.07. The molecule has 2 amide bonds. The van der Waals surface area contributed by atoms with Gasteiger partial charge in [-0.15, -0.1) is 0 Å². The molecule has 0 saturated heterocycles. The van der Waals surface area contributed by atoms with Gasteiger partial charge in [0.25, 0.3) is 0 Å². The minimum Gasteiger partial charge on any atom is -0.356 e. The van der Waals surface area contributed by atoms with E-state index in [-0.39, 0.29) is 11.8 Å². The predicted molar refractivity (Wildman–Crippen MR) is 296 cm³/mol. The van der Waals surface area contributed by atoms with E-state index in [0.29, 0.717) is 12.8 Å².